The van der Waals surface area contributed by atoms with Gasteiger partial charge in [0.25, 0.3) is 5.91 Å². The lowest BCUT2D eigenvalue weighted by molar-refractivity contribution is -0.140. The normalized spacial score (nSPS) is 12.0. The largest absolute Gasteiger partial charge is 0.480 e. The minimum Gasteiger partial charge on any atom is -0.480 e. The third kappa shape index (κ3) is 4.84. The number of carboxylic acids is 1. The second kappa shape index (κ2) is 7.93. The molecule has 1 aromatic heterocycles. The number of carboxylic acid groups (broad SMARTS) is 1. The topological polar surface area (TPSA) is 95.5 Å². The molecule has 1 aromatic rings. The van der Waals surface area contributed by atoms with E-state index >= 15 is 0 Å². The van der Waals surface area contributed by atoms with E-state index in [1.165, 1.54) is 11.3 Å². The summed E-state index contributed by atoms with van der Waals surface area (Å²) in [6, 6.07) is 0.688. The van der Waals surface area contributed by atoms with Crippen LogP contribution in [0.4, 0.5) is 5.00 Å². The number of anilines is 1. The maximum atomic E-state index is 12.3. The van der Waals surface area contributed by atoms with Gasteiger partial charge in [0, 0.05) is 11.3 Å². The van der Waals surface area contributed by atoms with E-state index in [2.05, 4.69) is 10.6 Å². The van der Waals surface area contributed by atoms with Crippen molar-refractivity contribution in [1.29, 1.82) is 0 Å². The number of carbonyl (C=O) groups is 3. The summed E-state index contributed by atoms with van der Waals surface area (Å²) in [7, 11) is 0. The van der Waals surface area contributed by atoms with Crippen LogP contribution >= 0.6 is 11.3 Å². The van der Waals surface area contributed by atoms with Crippen LogP contribution in [-0.4, -0.2) is 28.9 Å². The molecule has 122 valence electrons. The second-order valence-electron chi connectivity index (χ2n) is 5.43. The monoisotopic (exact) mass is 326 g/mol. The number of carbonyl (C=O) groups excluding carboxylic acids is 2. The fourth-order valence-electron chi connectivity index (χ4n) is 1.92. The van der Waals surface area contributed by atoms with Crippen molar-refractivity contribution in [3.63, 3.8) is 0 Å². The molecule has 1 atom stereocenters. The molecule has 1 heterocycles. The molecule has 3 N–H and O–H groups in total. The van der Waals surface area contributed by atoms with Crippen molar-refractivity contribution >= 4 is 34.1 Å². The molecule has 6 nitrogen and oxygen atoms in total. The molecule has 0 aliphatic carbocycles. The highest BCUT2D eigenvalue weighted by atomic mass is 32.1. The highest BCUT2D eigenvalue weighted by molar-refractivity contribution is 7.16. The van der Waals surface area contributed by atoms with Crippen molar-refractivity contribution in [2.75, 3.05) is 5.32 Å². The first-order chi connectivity index (χ1) is 10.3. The van der Waals surface area contributed by atoms with Gasteiger partial charge in [-0.15, -0.1) is 11.3 Å². The van der Waals surface area contributed by atoms with Crippen LogP contribution in [0.3, 0.4) is 0 Å². The molecular formula is C15H22N2O4S. The fourth-order valence-corrected chi connectivity index (χ4v) is 2.85. The Morgan fingerprint density at radius 1 is 1.32 bits per heavy atom. The van der Waals surface area contributed by atoms with E-state index in [0.29, 0.717) is 23.4 Å². The molecule has 0 saturated carbocycles. The van der Waals surface area contributed by atoms with E-state index in [0.717, 1.165) is 4.88 Å². The van der Waals surface area contributed by atoms with E-state index in [9.17, 15) is 14.4 Å². The number of nitrogens with one attached hydrogen (secondary N) is 2. The van der Waals surface area contributed by atoms with Gasteiger partial charge in [-0.3, -0.25) is 9.59 Å². The predicted octanol–water partition coefficient (Wildman–Crippen LogP) is 2.63. The summed E-state index contributed by atoms with van der Waals surface area (Å²) in [5.74, 6) is -1.96. The van der Waals surface area contributed by atoms with Crippen LogP contribution in [0, 0.1) is 12.8 Å². The number of aryl methyl sites for hydroxylation is 1. The van der Waals surface area contributed by atoms with E-state index in [-0.39, 0.29) is 11.8 Å². The fraction of sp³-hybridized carbons (Fsp3) is 0.533. The Bertz CT molecular complexity index is 566. The molecule has 0 spiro atoms. The van der Waals surface area contributed by atoms with Crippen molar-refractivity contribution in [3.8, 4) is 0 Å². The summed E-state index contributed by atoms with van der Waals surface area (Å²) in [5, 5.41) is 14.8. The second-order valence-corrected chi connectivity index (χ2v) is 6.69. The van der Waals surface area contributed by atoms with Gasteiger partial charge in [-0.1, -0.05) is 20.8 Å². The lowest BCUT2D eigenvalue weighted by Crippen LogP contribution is -2.44. The molecule has 0 aromatic carbocycles. The standard InChI is InChI=1S/C15H22N2O4S/c1-5-6-11(18)16-14-10(7-9(4)22-14)13(19)17-12(8(2)3)15(20)21/h7-8,12H,5-6H2,1-4H3,(H,16,18)(H,17,19)(H,20,21). The number of rotatable bonds is 7. The van der Waals surface area contributed by atoms with E-state index in [4.69, 9.17) is 5.11 Å². The van der Waals surface area contributed by atoms with Crippen LogP contribution in [0.2, 0.25) is 0 Å². The van der Waals surface area contributed by atoms with E-state index < -0.39 is 17.9 Å². The van der Waals surface area contributed by atoms with Crippen LogP contribution in [0.1, 0.15) is 48.8 Å². The highest BCUT2D eigenvalue weighted by Crippen LogP contribution is 2.28. The first-order valence-electron chi connectivity index (χ1n) is 7.20. The smallest absolute Gasteiger partial charge is 0.326 e. The summed E-state index contributed by atoms with van der Waals surface area (Å²) >= 11 is 1.30. The molecule has 0 radical (unpaired) electrons. The number of aliphatic carboxylic acids is 1. The van der Waals surface area contributed by atoms with E-state index in [1.807, 2.05) is 13.8 Å². The number of hydrogen-bond donors (Lipinski definition) is 3. The Kier molecular flexibility index (Phi) is 6.55. The van der Waals surface area contributed by atoms with Crippen LogP contribution in [0.15, 0.2) is 6.07 Å². The summed E-state index contributed by atoms with van der Waals surface area (Å²) in [5.41, 5.74) is 0.304. The van der Waals surface area contributed by atoms with Gasteiger partial charge in [0.2, 0.25) is 5.91 Å². The van der Waals surface area contributed by atoms with Crippen molar-refractivity contribution in [3.05, 3.63) is 16.5 Å². The average molecular weight is 326 g/mol. The van der Waals surface area contributed by atoms with Crippen molar-refractivity contribution < 1.29 is 19.5 Å². The summed E-state index contributed by atoms with van der Waals surface area (Å²) < 4.78 is 0. The highest BCUT2D eigenvalue weighted by Gasteiger charge is 2.26. The van der Waals surface area contributed by atoms with Crippen molar-refractivity contribution in [2.45, 2.75) is 46.6 Å². The van der Waals surface area contributed by atoms with Gasteiger partial charge in [-0.2, -0.15) is 0 Å². The van der Waals surface area contributed by atoms with Crippen LogP contribution in [-0.2, 0) is 9.59 Å². The maximum Gasteiger partial charge on any atom is 0.326 e. The van der Waals surface area contributed by atoms with Gasteiger partial charge >= 0.3 is 5.97 Å². The molecule has 2 amide bonds. The average Bonchev–Trinajstić information content (AvgIpc) is 2.76. The van der Waals surface area contributed by atoms with Gasteiger partial charge in [-0.05, 0) is 25.3 Å². The van der Waals surface area contributed by atoms with Crippen molar-refractivity contribution in [2.24, 2.45) is 5.92 Å². The first-order valence-corrected chi connectivity index (χ1v) is 8.01. The third-order valence-corrected chi connectivity index (χ3v) is 4.02. The molecule has 0 aliphatic heterocycles. The van der Waals surface area contributed by atoms with Crippen LogP contribution in [0.25, 0.3) is 0 Å². The Labute approximate surface area is 133 Å². The number of amides is 2. The van der Waals surface area contributed by atoms with E-state index in [1.54, 1.807) is 19.9 Å². The summed E-state index contributed by atoms with van der Waals surface area (Å²) in [4.78, 5) is 36.1. The van der Waals surface area contributed by atoms with Crippen molar-refractivity contribution in [1.82, 2.24) is 5.32 Å². The SMILES string of the molecule is CCCC(=O)Nc1sc(C)cc1C(=O)NC(C(=O)O)C(C)C. The molecule has 22 heavy (non-hydrogen) atoms. The quantitative estimate of drug-likeness (QED) is 0.718. The van der Waals surface area contributed by atoms with Crippen LogP contribution < -0.4 is 10.6 Å². The minimum atomic E-state index is -1.08. The zero-order valence-electron chi connectivity index (χ0n) is 13.2. The van der Waals surface area contributed by atoms with Gasteiger partial charge in [0.1, 0.15) is 11.0 Å². The third-order valence-electron chi connectivity index (χ3n) is 3.05. The number of hydrogen-bond acceptors (Lipinski definition) is 4. The molecular weight excluding hydrogens is 304 g/mol. The Morgan fingerprint density at radius 2 is 1.95 bits per heavy atom. The molecule has 0 bridgehead atoms. The van der Waals surface area contributed by atoms with Gasteiger partial charge in [-0.25, -0.2) is 4.79 Å². The Morgan fingerprint density at radius 3 is 2.45 bits per heavy atom. The molecule has 0 fully saturated rings. The lowest BCUT2D eigenvalue weighted by atomic mass is 10.0. The van der Waals surface area contributed by atoms with Gasteiger partial charge < -0.3 is 15.7 Å². The lowest BCUT2D eigenvalue weighted by Gasteiger charge is -2.18. The minimum absolute atomic E-state index is 0.156. The summed E-state index contributed by atoms with van der Waals surface area (Å²) in [6.45, 7) is 7.17. The van der Waals surface area contributed by atoms with Gasteiger partial charge in [0.05, 0.1) is 5.56 Å². The Balaban J connectivity index is 2.93. The predicted molar refractivity (Wildman–Crippen MR) is 86.3 cm³/mol. The molecule has 1 unspecified atom stereocenters. The van der Waals surface area contributed by atoms with Gasteiger partial charge in [0.15, 0.2) is 0 Å². The molecule has 0 aliphatic rings. The zero-order chi connectivity index (χ0) is 16.9. The number of thiophene rings is 1. The first kappa shape index (κ1) is 18.2. The zero-order valence-corrected chi connectivity index (χ0v) is 14.0. The molecule has 7 heteroatoms. The Hall–Kier alpha value is -1.89. The molecule has 0 saturated heterocycles. The maximum absolute atomic E-state index is 12.3. The molecule has 1 rings (SSSR count). The summed E-state index contributed by atoms with van der Waals surface area (Å²) in [6.07, 6.45) is 1.09. The van der Waals surface area contributed by atoms with Crippen LogP contribution in [0.5, 0.6) is 0 Å².